The number of hydrogen-bond acceptors (Lipinski definition) is 8. The molecule has 2 aliphatic rings. The van der Waals surface area contributed by atoms with Gasteiger partial charge in [0.2, 0.25) is 5.91 Å². The second-order valence-corrected chi connectivity index (χ2v) is 10.2. The number of amides is 1. The summed E-state index contributed by atoms with van der Waals surface area (Å²) < 4.78 is 27.7. The van der Waals surface area contributed by atoms with Crippen LogP contribution in [0.15, 0.2) is 53.9 Å². The Morgan fingerprint density at radius 2 is 1.97 bits per heavy atom. The molecular formula is C20H26N3O6PS. The summed E-state index contributed by atoms with van der Waals surface area (Å²) in [6, 6.07) is 8.52. The van der Waals surface area contributed by atoms with Crippen molar-refractivity contribution in [2.24, 2.45) is 0 Å². The molecule has 1 N–H and O–H groups in total. The molecule has 2 unspecified atom stereocenters. The average Bonchev–Trinajstić information content (AvgIpc) is 2.79. The van der Waals surface area contributed by atoms with Crippen LogP contribution in [-0.2, 0) is 34.5 Å². The number of ether oxygens (including phenoxy) is 1. The fourth-order valence-corrected chi connectivity index (χ4v) is 5.50. The molecule has 2 atom stereocenters. The van der Waals surface area contributed by atoms with E-state index in [1.807, 2.05) is 55.5 Å². The van der Waals surface area contributed by atoms with Gasteiger partial charge in [-0.3, -0.25) is 9.69 Å². The SMILES string of the molecule is COP(=O)(NC1C(=O)N2C(C(=O)OCc3ccccc3)=C(C=CN(C)C)CSC12)OC. The van der Waals surface area contributed by atoms with Gasteiger partial charge >= 0.3 is 13.7 Å². The lowest BCUT2D eigenvalue weighted by Crippen LogP contribution is -2.69. The number of thioether (sulfide) groups is 1. The highest BCUT2D eigenvalue weighted by atomic mass is 32.2. The Bertz CT molecular complexity index is 928. The Kier molecular flexibility index (Phi) is 7.61. The van der Waals surface area contributed by atoms with E-state index in [9.17, 15) is 14.2 Å². The third-order valence-electron chi connectivity index (χ3n) is 4.76. The van der Waals surface area contributed by atoms with Crippen LogP contribution in [0.5, 0.6) is 0 Å². The predicted octanol–water partition coefficient (Wildman–Crippen LogP) is 2.33. The number of benzene rings is 1. The number of carbonyl (C=O) groups excluding carboxylic acids is 2. The molecule has 1 aromatic rings. The van der Waals surface area contributed by atoms with Crippen molar-refractivity contribution in [3.05, 3.63) is 59.4 Å². The van der Waals surface area contributed by atoms with Crippen LogP contribution < -0.4 is 5.09 Å². The lowest BCUT2D eigenvalue weighted by atomic mass is 10.0. The van der Waals surface area contributed by atoms with Crippen molar-refractivity contribution in [2.45, 2.75) is 18.0 Å². The van der Waals surface area contributed by atoms with Crippen LogP contribution in [0.1, 0.15) is 5.56 Å². The summed E-state index contributed by atoms with van der Waals surface area (Å²) >= 11 is 1.46. The third kappa shape index (κ3) is 5.22. The topological polar surface area (TPSA) is 97.4 Å². The number of esters is 1. The molecule has 0 radical (unpaired) electrons. The lowest BCUT2D eigenvalue weighted by molar-refractivity contribution is -0.152. The molecule has 3 rings (SSSR count). The lowest BCUT2D eigenvalue weighted by Gasteiger charge is -2.49. The van der Waals surface area contributed by atoms with Gasteiger partial charge < -0.3 is 18.7 Å². The van der Waals surface area contributed by atoms with Crippen molar-refractivity contribution in [2.75, 3.05) is 34.1 Å². The molecule has 2 heterocycles. The maximum absolute atomic E-state index is 13.0. The molecule has 0 spiro atoms. The van der Waals surface area contributed by atoms with E-state index in [4.69, 9.17) is 13.8 Å². The van der Waals surface area contributed by atoms with E-state index >= 15 is 0 Å². The predicted molar refractivity (Wildman–Crippen MR) is 118 cm³/mol. The first-order valence-electron chi connectivity index (χ1n) is 9.52. The van der Waals surface area contributed by atoms with Gasteiger partial charge in [-0.05, 0) is 23.4 Å². The van der Waals surface area contributed by atoms with Gasteiger partial charge in [-0.15, -0.1) is 11.8 Å². The second-order valence-electron chi connectivity index (χ2n) is 7.09. The van der Waals surface area contributed by atoms with Crippen LogP contribution >= 0.6 is 19.5 Å². The van der Waals surface area contributed by atoms with Gasteiger partial charge in [-0.25, -0.2) is 14.4 Å². The van der Waals surface area contributed by atoms with Crippen molar-refractivity contribution in [3.8, 4) is 0 Å². The molecule has 1 saturated heterocycles. The number of carbonyl (C=O) groups is 2. The summed E-state index contributed by atoms with van der Waals surface area (Å²) in [6.07, 6.45) is 3.61. The van der Waals surface area contributed by atoms with Crippen LogP contribution in [0.2, 0.25) is 0 Å². The average molecular weight is 467 g/mol. The first kappa shape index (κ1) is 23.6. The zero-order valence-corrected chi connectivity index (χ0v) is 19.5. The van der Waals surface area contributed by atoms with Gasteiger partial charge in [0.05, 0.1) is 0 Å². The van der Waals surface area contributed by atoms with E-state index in [-0.39, 0.29) is 12.3 Å². The Morgan fingerprint density at radius 3 is 2.58 bits per heavy atom. The molecule has 0 aliphatic carbocycles. The van der Waals surface area contributed by atoms with Gasteiger partial charge in [0.25, 0.3) is 0 Å². The molecule has 2 aliphatic heterocycles. The van der Waals surface area contributed by atoms with Gasteiger partial charge in [0.1, 0.15) is 23.7 Å². The normalized spacial score (nSPS) is 21.2. The summed E-state index contributed by atoms with van der Waals surface area (Å²) in [5, 5.41) is 2.23. The van der Waals surface area contributed by atoms with E-state index in [2.05, 4.69) is 5.09 Å². The highest BCUT2D eigenvalue weighted by Crippen LogP contribution is 2.48. The van der Waals surface area contributed by atoms with Crippen LogP contribution in [0, 0.1) is 0 Å². The summed E-state index contributed by atoms with van der Waals surface area (Å²) in [6.45, 7) is 0.0952. The molecule has 0 aromatic heterocycles. The minimum absolute atomic E-state index is 0.0952. The van der Waals surface area contributed by atoms with E-state index in [0.29, 0.717) is 11.3 Å². The Balaban J connectivity index is 1.84. The largest absolute Gasteiger partial charge is 0.456 e. The van der Waals surface area contributed by atoms with Crippen molar-refractivity contribution in [3.63, 3.8) is 0 Å². The number of nitrogens with zero attached hydrogens (tertiary/aromatic N) is 2. The van der Waals surface area contributed by atoms with Gasteiger partial charge in [0, 0.05) is 34.1 Å². The van der Waals surface area contributed by atoms with Crippen molar-refractivity contribution in [1.29, 1.82) is 0 Å². The van der Waals surface area contributed by atoms with E-state index in [1.165, 1.54) is 30.9 Å². The molecule has 0 bridgehead atoms. The highest BCUT2D eigenvalue weighted by Gasteiger charge is 2.55. The second kappa shape index (κ2) is 10.0. The molecule has 1 amide bonds. The van der Waals surface area contributed by atoms with Crippen molar-refractivity contribution in [1.82, 2.24) is 14.9 Å². The highest BCUT2D eigenvalue weighted by molar-refractivity contribution is 8.00. The zero-order valence-electron chi connectivity index (χ0n) is 17.8. The molecular weight excluding hydrogens is 441 g/mol. The van der Waals surface area contributed by atoms with Gasteiger partial charge in [-0.2, -0.15) is 0 Å². The van der Waals surface area contributed by atoms with E-state index in [1.54, 1.807) is 6.08 Å². The summed E-state index contributed by atoms with van der Waals surface area (Å²) in [7, 11) is 2.61. The number of allylic oxidation sites excluding steroid dienone is 1. The third-order valence-corrected chi connectivity index (χ3v) is 7.61. The fourth-order valence-electron chi connectivity index (χ4n) is 3.13. The monoisotopic (exact) mass is 467 g/mol. The Morgan fingerprint density at radius 1 is 1.29 bits per heavy atom. The molecule has 11 heteroatoms. The maximum Gasteiger partial charge on any atom is 0.405 e. The van der Waals surface area contributed by atoms with Crippen LogP contribution in [0.4, 0.5) is 0 Å². The molecule has 31 heavy (non-hydrogen) atoms. The number of nitrogens with one attached hydrogen (secondary N) is 1. The molecule has 0 saturated carbocycles. The number of hydrogen-bond donors (Lipinski definition) is 1. The Labute approximate surface area is 186 Å². The van der Waals surface area contributed by atoms with Crippen LogP contribution in [-0.4, -0.2) is 67.2 Å². The smallest absolute Gasteiger partial charge is 0.405 e. The van der Waals surface area contributed by atoms with Crippen LogP contribution in [0.3, 0.4) is 0 Å². The van der Waals surface area contributed by atoms with Crippen molar-refractivity contribution >= 4 is 31.4 Å². The van der Waals surface area contributed by atoms with E-state index in [0.717, 1.165) is 5.56 Å². The molecule has 1 aromatic carbocycles. The summed E-state index contributed by atoms with van der Waals surface area (Å²) in [5.41, 5.74) is 1.73. The minimum Gasteiger partial charge on any atom is -0.456 e. The van der Waals surface area contributed by atoms with Gasteiger partial charge in [0.15, 0.2) is 0 Å². The Hall–Kier alpha value is -2.10. The van der Waals surface area contributed by atoms with E-state index < -0.39 is 31.0 Å². The van der Waals surface area contributed by atoms with Gasteiger partial charge in [-0.1, -0.05) is 30.3 Å². The van der Waals surface area contributed by atoms with Crippen LogP contribution in [0.25, 0.3) is 0 Å². The summed E-state index contributed by atoms with van der Waals surface area (Å²) in [5.74, 6) is -0.494. The first-order valence-corrected chi connectivity index (χ1v) is 12.1. The first-order chi connectivity index (χ1) is 14.8. The minimum atomic E-state index is -3.60. The standard InChI is InChI=1S/C20H26N3O6PS/c1-22(2)11-10-15-13-31-19-16(21-30(26,27-3)28-4)18(24)23(19)17(15)20(25)29-12-14-8-6-5-7-9-14/h5-11,16,19H,12-13H2,1-4H3,(H,21,26). The maximum atomic E-state index is 13.0. The molecule has 9 nitrogen and oxygen atoms in total. The zero-order chi connectivity index (χ0) is 22.6. The number of rotatable bonds is 9. The molecule has 1 fully saturated rings. The number of fused-ring (bicyclic) bond motifs is 1. The molecule has 168 valence electrons. The number of β-lactam (4-membered cyclic amide) rings is 1. The van der Waals surface area contributed by atoms with Crippen molar-refractivity contribution < 1.29 is 27.9 Å². The summed E-state index contributed by atoms with van der Waals surface area (Å²) in [4.78, 5) is 29.2. The quantitative estimate of drug-likeness (QED) is 0.333. The fraction of sp³-hybridized carbons (Fsp3) is 0.400.